The molecule has 1 rings (SSSR count). The van der Waals surface area contributed by atoms with Crippen LogP contribution in [0.2, 0.25) is 0 Å². The highest BCUT2D eigenvalue weighted by Gasteiger charge is 2.20. The van der Waals surface area contributed by atoms with Gasteiger partial charge in [0.1, 0.15) is 0 Å². The van der Waals surface area contributed by atoms with Crippen molar-refractivity contribution in [3.8, 4) is 0 Å². The predicted molar refractivity (Wildman–Crippen MR) is 64.0 cm³/mol. The predicted octanol–water partition coefficient (Wildman–Crippen LogP) is 5.13. The van der Waals surface area contributed by atoms with Crippen molar-refractivity contribution >= 4 is 0 Å². The molecule has 1 aliphatic carbocycles. The Hall–Kier alpha value is 0. The Morgan fingerprint density at radius 3 is 1.46 bits per heavy atom. The van der Waals surface area contributed by atoms with Gasteiger partial charge in [-0.3, -0.25) is 0 Å². The van der Waals surface area contributed by atoms with Crippen LogP contribution in [-0.4, -0.2) is 0 Å². The van der Waals surface area contributed by atoms with E-state index in [0.717, 1.165) is 17.8 Å². The molecular formula is C13H30. The maximum Gasteiger partial charge on any atom is -0.0414 e. The fourth-order valence-corrected chi connectivity index (χ4v) is 1.82. The van der Waals surface area contributed by atoms with Gasteiger partial charge in [0.25, 0.3) is 0 Å². The summed E-state index contributed by atoms with van der Waals surface area (Å²) in [7, 11) is 0. The average molecular weight is 186 g/mol. The molecule has 0 N–H and O–H groups in total. The molecule has 0 aromatic carbocycles. The maximum atomic E-state index is 2.39. The van der Waals surface area contributed by atoms with Crippen LogP contribution < -0.4 is 0 Å². The smallest absolute Gasteiger partial charge is 0.0414 e. The molecule has 0 spiro atoms. The van der Waals surface area contributed by atoms with E-state index in [2.05, 4.69) is 20.8 Å². The second kappa shape index (κ2) is 10.1. The summed E-state index contributed by atoms with van der Waals surface area (Å²) < 4.78 is 0. The number of rotatable bonds is 0. The van der Waals surface area contributed by atoms with Crippen LogP contribution in [0.25, 0.3) is 0 Å². The lowest BCUT2D eigenvalue weighted by Crippen LogP contribution is -2.18. The molecule has 0 radical (unpaired) electrons. The van der Waals surface area contributed by atoms with E-state index in [1.165, 1.54) is 19.3 Å². The summed E-state index contributed by atoms with van der Waals surface area (Å²) in [6.07, 6.45) is 4.38. The van der Waals surface area contributed by atoms with Crippen LogP contribution >= 0.6 is 0 Å². The van der Waals surface area contributed by atoms with Crippen molar-refractivity contribution in [1.29, 1.82) is 0 Å². The Kier molecular flexibility index (Phi) is 12.0. The molecule has 0 heterocycles. The van der Waals surface area contributed by atoms with Gasteiger partial charge in [-0.2, -0.15) is 0 Å². The second-order valence-electron chi connectivity index (χ2n) is 3.87. The van der Waals surface area contributed by atoms with E-state index in [1.807, 2.05) is 27.7 Å². The summed E-state index contributed by atoms with van der Waals surface area (Å²) in [6.45, 7) is 15.2. The maximum absolute atomic E-state index is 2.39. The van der Waals surface area contributed by atoms with E-state index in [4.69, 9.17) is 0 Å². The molecule has 0 nitrogen and oxygen atoms in total. The Bertz CT molecular complexity index is 86.0. The van der Waals surface area contributed by atoms with Crippen LogP contribution in [0, 0.1) is 17.8 Å². The molecule has 1 aliphatic rings. The zero-order chi connectivity index (χ0) is 10.9. The second-order valence-corrected chi connectivity index (χ2v) is 3.87. The SMILES string of the molecule is CC.CC.CC1CCC(C)C(C)C1. The molecule has 3 atom stereocenters. The summed E-state index contributed by atoms with van der Waals surface area (Å²) >= 11 is 0. The zero-order valence-electron chi connectivity index (χ0n) is 10.9. The first-order chi connectivity index (χ1) is 6.20. The molecule has 13 heavy (non-hydrogen) atoms. The van der Waals surface area contributed by atoms with E-state index >= 15 is 0 Å². The van der Waals surface area contributed by atoms with Gasteiger partial charge in [-0.15, -0.1) is 0 Å². The molecule has 0 saturated heterocycles. The first-order valence-corrected chi connectivity index (χ1v) is 6.20. The minimum atomic E-state index is 0.980. The first kappa shape index (κ1) is 15.5. The van der Waals surface area contributed by atoms with E-state index in [0.29, 0.717) is 0 Å². The lowest BCUT2D eigenvalue weighted by molar-refractivity contribution is 0.220. The van der Waals surface area contributed by atoms with Gasteiger partial charge in [0, 0.05) is 0 Å². The van der Waals surface area contributed by atoms with Gasteiger partial charge in [0.05, 0.1) is 0 Å². The van der Waals surface area contributed by atoms with Gasteiger partial charge in [-0.1, -0.05) is 61.3 Å². The van der Waals surface area contributed by atoms with Crippen molar-refractivity contribution in [3.05, 3.63) is 0 Å². The highest BCUT2D eigenvalue weighted by molar-refractivity contribution is 4.72. The fraction of sp³-hybridized carbons (Fsp3) is 1.00. The molecule has 0 amide bonds. The molecule has 1 fully saturated rings. The van der Waals surface area contributed by atoms with Crippen molar-refractivity contribution in [2.24, 2.45) is 17.8 Å². The van der Waals surface area contributed by atoms with Crippen LogP contribution in [0.15, 0.2) is 0 Å². The largest absolute Gasteiger partial charge is 0.0683 e. The summed E-state index contributed by atoms with van der Waals surface area (Å²) in [5.41, 5.74) is 0. The Morgan fingerprint density at radius 1 is 0.692 bits per heavy atom. The average Bonchev–Trinajstić information content (AvgIpc) is 2.18. The highest BCUT2D eigenvalue weighted by Crippen LogP contribution is 2.32. The Labute approximate surface area is 86.1 Å². The fourth-order valence-electron chi connectivity index (χ4n) is 1.82. The van der Waals surface area contributed by atoms with Gasteiger partial charge < -0.3 is 0 Å². The Balaban J connectivity index is 0. The third kappa shape index (κ3) is 7.10. The van der Waals surface area contributed by atoms with E-state index < -0.39 is 0 Å². The molecule has 0 bridgehead atoms. The van der Waals surface area contributed by atoms with Crippen LogP contribution in [-0.2, 0) is 0 Å². The van der Waals surface area contributed by atoms with Crippen LogP contribution in [0.5, 0.6) is 0 Å². The molecule has 0 aliphatic heterocycles. The monoisotopic (exact) mass is 186 g/mol. The van der Waals surface area contributed by atoms with Gasteiger partial charge in [-0.25, -0.2) is 0 Å². The van der Waals surface area contributed by atoms with E-state index in [-0.39, 0.29) is 0 Å². The first-order valence-electron chi connectivity index (χ1n) is 6.20. The minimum absolute atomic E-state index is 0.980. The molecular weight excluding hydrogens is 156 g/mol. The minimum Gasteiger partial charge on any atom is -0.0683 e. The molecule has 0 aromatic heterocycles. The standard InChI is InChI=1S/C9H18.2C2H6/c1-7-4-5-8(2)9(3)6-7;2*1-2/h7-9H,4-6H2,1-3H3;2*1-2H3. The number of hydrogen-bond acceptors (Lipinski definition) is 0. The third-order valence-electron chi connectivity index (χ3n) is 2.86. The lowest BCUT2D eigenvalue weighted by Gasteiger charge is -2.29. The molecule has 0 aromatic rings. The van der Waals surface area contributed by atoms with Gasteiger partial charge in [-0.05, 0) is 24.2 Å². The molecule has 3 unspecified atom stereocenters. The van der Waals surface area contributed by atoms with Gasteiger partial charge in [0.2, 0.25) is 0 Å². The topological polar surface area (TPSA) is 0 Å². The van der Waals surface area contributed by atoms with Crippen LogP contribution in [0.3, 0.4) is 0 Å². The summed E-state index contributed by atoms with van der Waals surface area (Å²) in [5.74, 6) is 2.96. The zero-order valence-corrected chi connectivity index (χ0v) is 10.9. The van der Waals surface area contributed by atoms with Crippen molar-refractivity contribution in [2.45, 2.75) is 67.7 Å². The van der Waals surface area contributed by atoms with E-state index in [9.17, 15) is 0 Å². The van der Waals surface area contributed by atoms with Gasteiger partial charge >= 0.3 is 0 Å². The summed E-state index contributed by atoms with van der Waals surface area (Å²) in [6, 6.07) is 0. The Morgan fingerprint density at radius 2 is 1.15 bits per heavy atom. The highest BCUT2D eigenvalue weighted by atomic mass is 14.3. The summed E-state index contributed by atoms with van der Waals surface area (Å²) in [4.78, 5) is 0. The van der Waals surface area contributed by atoms with Crippen molar-refractivity contribution in [3.63, 3.8) is 0 Å². The quantitative estimate of drug-likeness (QED) is 0.492. The van der Waals surface area contributed by atoms with Gasteiger partial charge in [0.15, 0.2) is 0 Å². The van der Waals surface area contributed by atoms with Crippen molar-refractivity contribution in [1.82, 2.24) is 0 Å². The normalized spacial score (nSPS) is 32.1. The summed E-state index contributed by atoms with van der Waals surface area (Å²) in [5, 5.41) is 0. The third-order valence-corrected chi connectivity index (χ3v) is 2.86. The molecule has 82 valence electrons. The number of hydrogen-bond donors (Lipinski definition) is 0. The molecule has 0 heteroatoms. The lowest BCUT2D eigenvalue weighted by atomic mass is 9.77. The van der Waals surface area contributed by atoms with Crippen LogP contribution in [0.1, 0.15) is 67.7 Å². The van der Waals surface area contributed by atoms with Crippen LogP contribution in [0.4, 0.5) is 0 Å². The van der Waals surface area contributed by atoms with Crippen molar-refractivity contribution in [2.75, 3.05) is 0 Å². The van der Waals surface area contributed by atoms with E-state index in [1.54, 1.807) is 0 Å². The van der Waals surface area contributed by atoms with Crippen molar-refractivity contribution < 1.29 is 0 Å². The molecule has 1 saturated carbocycles.